The van der Waals surface area contributed by atoms with Crippen LogP contribution < -0.4 is 0 Å². The fourth-order valence-electron chi connectivity index (χ4n) is 11.4. The summed E-state index contributed by atoms with van der Waals surface area (Å²) in [5.74, 6) is 2.25. The first-order chi connectivity index (χ1) is 28.4. The molecule has 342 valence electrons. The lowest BCUT2D eigenvalue weighted by molar-refractivity contribution is -0.577. The van der Waals surface area contributed by atoms with Crippen LogP contribution in [-0.4, -0.2) is 67.6 Å². The van der Waals surface area contributed by atoms with Crippen LogP contribution in [0.15, 0.2) is 28.7 Å². The van der Waals surface area contributed by atoms with Gasteiger partial charge in [-0.1, -0.05) is 20.8 Å². The molecule has 10 heterocycles. The molecule has 2 spiro atoms. The first kappa shape index (κ1) is 46.0. The molecular weight excluding hydrogens is 878 g/mol. The van der Waals surface area contributed by atoms with Crippen LogP contribution in [0.1, 0.15) is 110 Å². The van der Waals surface area contributed by atoms with Crippen LogP contribution in [0, 0.1) is 41.4 Å². The van der Waals surface area contributed by atoms with Crippen molar-refractivity contribution in [1.82, 2.24) is 9.97 Å². The quantitative estimate of drug-likeness (QED) is 0.163. The van der Waals surface area contributed by atoms with E-state index >= 15 is 0 Å². The Balaban J connectivity index is 0.000000135. The average Bonchev–Trinajstić information content (AvgIpc) is 3.82. The molecule has 13 nitrogen and oxygen atoms in total. The molecule has 2 aromatic rings. The minimum absolute atomic E-state index is 0.249. The van der Waals surface area contributed by atoms with E-state index in [0.29, 0.717) is 29.6 Å². The molecule has 2 aliphatic carbocycles. The lowest BCUT2D eigenvalue weighted by atomic mass is 9.56. The predicted octanol–water partition coefficient (Wildman–Crippen LogP) is 10.0. The number of alkyl halides is 3. The molecule has 0 N–H and O–H groups in total. The van der Waals surface area contributed by atoms with Gasteiger partial charge in [-0.2, -0.15) is 21.6 Å². The Labute approximate surface area is 365 Å². The molecule has 0 amide bonds. The van der Waals surface area contributed by atoms with Crippen LogP contribution in [0.25, 0.3) is 5.76 Å². The van der Waals surface area contributed by atoms with Gasteiger partial charge in [0.15, 0.2) is 28.3 Å². The molecule has 12 rings (SSSR count). The Kier molecular flexibility index (Phi) is 11.9. The highest BCUT2D eigenvalue weighted by atomic mass is 32.2. The summed E-state index contributed by atoms with van der Waals surface area (Å²) in [7, 11) is -8.10. The van der Waals surface area contributed by atoms with E-state index in [9.17, 15) is 21.6 Å². The summed E-state index contributed by atoms with van der Waals surface area (Å²) >= 11 is 3.27. The van der Waals surface area contributed by atoms with E-state index in [1.54, 1.807) is 22.7 Å². The van der Waals surface area contributed by atoms with Crippen molar-refractivity contribution < 1.29 is 64.0 Å². The Bertz CT molecular complexity index is 2060. The predicted molar refractivity (Wildman–Crippen MR) is 220 cm³/mol. The standard InChI is InChI=1S/C19H27NO4S.C18H23NO4S.C4H9F3O3SSi/c1-11-5-6-14-12(2)18(4,15-20-9-10-25-15)22-16-19(14)13(11)7-8-17(3,21-16)23-24-19;1-10-4-5-13-11(2)14(15-19-8-9-24-15)20-16-18(13)12(10)6-7-17(3,21-16)22-23-18;1-12(2,3)10-11(8,9)4(5,6)7/h9-14,16H,5-8H2,1-4H3;8-10,12-13,16H,4-7H2,1-3H3;1-3H3/t11-,12?,13+,14+,16+,17-,18?,19-;10-,12+,13+,16-,17-,18-;/m11./s1. The van der Waals surface area contributed by atoms with Gasteiger partial charge in [-0.25, -0.2) is 29.5 Å². The molecule has 10 aliphatic rings. The number of aromatic nitrogens is 2. The van der Waals surface area contributed by atoms with Crippen LogP contribution in [0.2, 0.25) is 19.6 Å². The minimum atomic E-state index is -5.39. The van der Waals surface area contributed by atoms with Gasteiger partial charge in [-0.15, -0.1) is 22.7 Å². The summed E-state index contributed by atoms with van der Waals surface area (Å²) in [4.78, 5) is 33.1. The molecule has 9 fully saturated rings. The molecular formula is C41H59F3N2O11S3Si. The van der Waals surface area contributed by atoms with Gasteiger partial charge in [0.25, 0.3) is 0 Å². The Morgan fingerprint density at radius 3 is 1.89 bits per heavy atom. The van der Waals surface area contributed by atoms with Gasteiger partial charge in [0.2, 0.25) is 26.2 Å². The third kappa shape index (κ3) is 7.80. The van der Waals surface area contributed by atoms with Gasteiger partial charge in [0.05, 0.1) is 0 Å². The van der Waals surface area contributed by atoms with Crippen molar-refractivity contribution in [3.63, 3.8) is 0 Å². The van der Waals surface area contributed by atoms with Crippen molar-refractivity contribution in [3.05, 3.63) is 38.7 Å². The lowest BCUT2D eigenvalue weighted by Gasteiger charge is -2.62. The van der Waals surface area contributed by atoms with E-state index in [1.807, 2.05) is 37.0 Å². The van der Waals surface area contributed by atoms with Crippen molar-refractivity contribution in [2.24, 2.45) is 41.4 Å². The second-order valence-electron chi connectivity index (χ2n) is 19.7. The molecule has 2 saturated carbocycles. The van der Waals surface area contributed by atoms with E-state index in [2.05, 4.69) is 48.5 Å². The van der Waals surface area contributed by atoms with E-state index in [0.717, 1.165) is 54.3 Å². The molecule has 4 bridgehead atoms. The molecule has 20 heteroatoms. The molecule has 2 unspecified atom stereocenters. The van der Waals surface area contributed by atoms with Crippen LogP contribution in [-0.2, 0) is 58.1 Å². The molecule has 8 aliphatic heterocycles. The molecule has 2 aromatic heterocycles. The number of fused-ring (bicyclic) bond motifs is 4. The first-order valence-corrected chi connectivity index (χ1v) is 27.9. The largest absolute Gasteiger partial charge is 0.522 e. The fourth-order valence-corrected chi connectivity index (χ4v) is 15.9. The smallest absolute Gasteiger partial charge is 0.458 e. The topological polar surface area (TPSA) is 143 Å². The maximum absolute atomic E-state index is 11.7. The monoisotopic (exact) mass is 936 g/mol. The highest BCUT2D eigenvalue weighted by Gasteiger charge is 2.72. The van der Waals surface area contributed by atoms with E-state index in [-0.39, 0.29) is 11.8 Å². The number of ether oxygens (including phenoxy) is 4. The number of hydrogen-bond donors (Lipinski definition) is 0. The second kappa shape index (κ2) is 15.8. The van der Waals surface area contributed by atoms with Crippen LogP contribution in [0.3, 0.4) is 0 Å². The summed E-state index contributed by atoms with van der Waals surface area (Å²) in [6.45, 7) is 19.3. The number of thiazole rings is 2. The third-order valence-corrected chi connectivity index (χ3v) is 19.8. The van der Waals surface area contributed by atoms with Crippen molar-refractivity contribution in [3.8, 4) is 0 Å². The second-order valence-corrected chi connectivity index (χ2v) is 27.7. The molecule has 0 radical (unpaired) electrons. The minimum Gasteiger partial charge on any atom is -0.458 e. The average molecular weight is 937 g/mol. The highest BCUT2D eigenvalue weighted by Crippen LogP contribution is 2.64. The summed E-state index contributed by atoms with van der Waals surface area (Å²) in [6, 6.07) is 0. The zero-order chi connectivity index (χ0) is 44.2. The zero-order valence-electron chi connectivity index (χ0n) is 36.4. The maximum Gasteiger partial charge on any atom is 0.522 e. The lowest BCUT2D eigenvalue weighted by Crippen LogP contribution is -2.71. The van der Waals surface area contributed by atoms with Crippen LogP contribution in [0.5, 0.6) is 0 Å². The van der Waals surface area contributed by atoms with Gasteiger partial charge in [-0.05, 0) is 115 Å². The highest BCUT2D eigenvalue weighted by molar-refractivity contribution is 7.88. The van der Waals surface area contributed by atoms with E-state index in [4.69, 9.17) is 38.5 Å². The summed E-state index contributed by atoms with van der Waals surface area (Å²) in [6.07, 6.45) is 11.2. The van der Waals surface area contributed by atoms with Gasteiger partial charge >= 0.3 is 15.6 Å². The van der Waals surface area contributed by atoms with Gasteiger partial charge < -0.3 is 22.8 Å². The summed E-state index contributed by atoms with van der Waals surface area (Å²) in [5, 5.41) is 5.95. The Morgan fingerprint density at radius 2 is 1.33 bits per heavy atom. The normalized spacial score (nSPS) is 43.9. The van der Waals surface area contributed by atoms with Crippen LogP contribution >= 0.6 is 22.7 Å². The molecule has 61 heavy (non-hydrogen) atoms. The first-order valence-electron chi connectivity index (χ1n) is 21.3. The van der Waals surface area contributed by atoms with Crippen LogP contribution in [0.4, 0.5) is 13.2 Å². The molecule has 0 aromatic carbocycles. The third-order valence-electron chi connectivity index (χ3n) is 14.6. The van der Waals surface area contributed by atoms with E-state index < -0.39 is 64.9 Å². The Hall–Kier alpha value is -1.56. The fraction of sp³-hybridized carbons (Fsp3) is 0.805. The number of rotatable bonds is 4. The van der Waals surface area contributed by atoms with Gasteiger partial charge in [0.1, 0.15) is 10.6 Å². The zero-order valence-corrected chi connectivity index (χ0v) is 39.9. The number of nitrogens with zero attached hydrogens (tertiary/aromatic N) is 2. The molecule has 7 saturated heterocycles. The van der Waals surface area contributed by atoms with Crippen molar-refractivity contribution in [1.29, 1.82) is 0 Å². The molecule has 14 atom stereocenters. The summed E-state index contributed by atoms with van der Waals surface area (Å²) in [5.41, 5.74) is -5.57. The van der Waals surface area contributed by atoms with Gasteiger partial charge in [0, 0.05) is 53.7 Å². The maximum atomic E-state index is 11.7. The van der Waals surface area contributed by atoms with Gasteiger partial charge in [-0.3, -0.25) is 0 Å². The number of halogens is 3. The van der Waals surface area contributed by atoms with Crippen molar-refractivity contribution in [2.75, 3.05) is 0 Å². The van der Waals surface area contributed by atoms with Crippen molar-refractivity contribution in [2.45, 2.75) is 166 Å². The SMILES string of the molecule is CC1=C(c2nccs2)O[C@@H]2O[C@@]3(C)CC[C@H]4[C@H](C)CC[C@@H]1[C@@]24OO3.CC1[C@@H]2CC[C@@H](C)[C@@H]3CC[C@@]4(C)OO[C@@]23[C@H](OC1(C)c1nccs1)O4.C[Si](C)(C)OS(=O)(=O)C(F)(F)F. The Morgan fingerprint density at radius 1 is 0.754 bits per heavy atom. The summed E-state index contributed by atoms with van der Waals surface area (Å²) < 4.78 is 85.6. The van der Waals surface area contributed by atoms with E-state index in [1.165, 1.54) is 38.1 Å². The van der Waals surface area contributed by atoms with Crippen molar-refractivity contribution >= 4 is 46.9 Å². The number of hydrogen-bond acceptors (Lipinski definition) is 15.